The summed E-state index contributed by atoms with van der Waals surface area (Å²) in [6, 6.07) is 15.6. The first-order valence-corrected chi connectivity index (χ1v) is 10.3. The van der Waals surface area contributed by atoms with Gasteiger partial charge in [0.05, 0.1) is 18.0 Å². The number of hydrogen-bond donors (Lipinski definition) is 1. The van der Waals surface area contributed by atoms with Crippen LogP contribution >= 0.6 is 11.8 Å². The Hall–Kier alpha value is -3.06. The van der Waals surface area contributed by atoms with E-state index in [1.807, 2.05) is 73.1 Å². The standard InChI is InChI=1S/C22H24N4O2S/c1-16-8-10-18(11-9-16)24-20(27)14-25(3)21(28)15-29-22-23-12-13-26(22)19-7-5-4-6-17(19)2/h4-13H,14-15H2,1-3H3,(H,24,27). The maximum atomic E-state index is 12.5. The maximum absolute atomic E-state index is 12.5. The summed E-state index contributed by atoms with van der Waals surface area (Å²) in [6.07, 6.45) is 3.60. The molecule has 0 atom stereocenters. The number of para-hydroxylation sites is 1. The van der Waals surface area contributed by atoms with Crippen LogP contribution in [0.15, 0.2) is 66.1 Å². The summed E-state index contributed by atoms with van der Waals surface area (Å²) in [5.74, 6) is -0.151. The van der Waals surface area contributed by atoms with Gasteiger partial charge in [0.2, 0.25) is 11.8 Å². The lowest BCUT2D eigenvalue weighted by atomic mass is 10.2. The fourth-order valence-corrected chi connectivity index (χ4v) is 3.70. The summed E-state index contributed by atoms with van der Waals surface area (Å²) in [4.78, 5) is 30.5. The number of aromatic nitrogens is 2. The van der Waals surface area contributed by atoms with Gasteiger partial charge in [-0.3, -0.25) is 14.2 Å². The Morgan fingerprint density at radius 2 is 1.83 bits per heavy atom. The number of aryl methyl sites for hydroxylation is 2. The van der Waals surface area contributed by atoms with Gasteiger partial charge < -0.3 is 10.2 Å². The highest BCUT2D eigenvalue weighted by Gasteiger charge is 2.15. The van der Waals surface area contributed by atoms with Crippen molar-refractivity contribution in [1.29, 1.82) is 0 Å². The van der Waals surface area contributed by atoms with Crippen molar-refractivity contribution in [3.8, 4) is 5.69 Å². The first-order chi connectivity index (χ1) is 13.9. The predicted molar refractivity (Wildman–Crippen MR) is 116 cm³/mol. The van der Waals surface area contributed by atoms with Crippen molar-refractivity contribution in [2.75, 3.05) is 24.7 Å². The number of carbonyl (C=O) groups is 2. The Labute approximate surface area is 174 Å². The zero-order chi connectivity index (χ0) is 20.8. The number of imidazole rings is 1. The van der Waals surface area contributed by atoms with Gasteiger partial charge in [-0.15, -0.1) is 0 Å². The topological polar surface area (TPSA) is 67.2 Å². The molecule has 3 aromatic rings. The molecule has 3 rings (SSSR count). The summed E-state index contributed by atoms with van der Waals surface area (Å²) < 4.78 is 1.97. The number of hydrogen-bond acceptors (Lipinski definition) is 4. The molecule has 0 saturated heterocycles. The molecular formula is C22H24N4O2S. The molecule has 0 aliphatic carbocycles. The van der Waals surface area contributed by atoms with Crippen LogP contribution in [0.3, 0.4) is 0 Å². The predicted octanol–water partition coefficient (Wildman–Crippen LogP) is 3.68. The van der Waals surface area contributed by atoms with E-state index in [2.05, 4.69) is 10.3 Å². The molecular weight excluding hydrogens is 384 g/mol. The summed E-state index contributed by atoms with van der Waals surface area (Å²) in [5, 5.41) is 3.55. The molecule has 0 fully saturated rings. The van der Waals surface area contributed by atoms with E-state index in [9.17, 15) is 9.59 Å². The fraction of sp³-hybridized carbons (Fsp3) is 0.227. The van der Waals surface area contributed by atoms with E-state index in [0.717, 1.165) is 27.7 Å². The Morgan fingerprint density at radius 1 is 1.10 bits per heavy atom. The van der Waals surface area contributed by atoms with Gasteiger partial charge in [-0.25, -0.2) is 4.98 Å². The second kappa shape index (κ2) is 9.43. The van der Waals surface area contributed by atoms with E-state index in [-0.39, 0.29) is 24.1 Å². The molecule has 0 aliphatic rings. The van der Waals surface area contributed by atoms with Crippen LogP contribution in [0.2, 0.25) is 0 Å². The average molecular weight is 409 g/mol. The van der Waals surface area contributed by atoms with Gasteiger partial charge in [-0.1, -0.05) is 47.7 Å². The minimum Gasteiger partial charge on any atom is -0.336 e. The van der Waals surface area contributed by atoms with Crippen LogP contribution in [0.4, 0.5) is 5.69 Å². The average Bonchev–Trinajstić information content (AvgIpc) is 3.16. The van der Waals surface area contributed by atoms with Crippen molar-refractivity contribution in [1.82, 2.24) is 14.5 Å². The van der Waals surface area contributed by atoms with Crippen LogP contribution in [-0.4, -0.2) is 45.6 Å². The quantitative estimate of drug-likeness (QED) is 0.606. The number of likely N-dealkylation sites (N-methyl/N-ethyl adjacent to an activating group) is 1. The number of nitrogens with one attached hydrogen (secondary N) is 1. The number of carbonyl (C=O) groups excluding carboxylic acids is 2. The van der Waals surface area contributed by atoms with Crippen LogP contribution in [0, 0.1) is 13.8 Å². The number of rotatable bonds is 7. The van der Waals surface area contributed by atoms with E-state index in [4.69, 9.17) is 0 Å². The van der Waals surface area contributed by atoms with Gasteiger partial charge in [-0.2, -0.15) is 0 Å². The lowest BCUT2D eigenvalue weighted by Crippen LogP contribution is -2.36. The summed E-state index contributed by atoms with van der Waals surface area (Å²) in [6.45, 7) is 4.02. The zero-order valence-electron chi connectivity index (χ0n) is 16.8. The van der Waals surface area contributed by atoms with Gasteiger partial charge in [-0.05, 0) is 37.6 Å². The third-order valence-electron chi connectivity index (χ3n) is 4.45. The molecule has 2 aromatic carbocycles. The highest BCUT2D eigenvalue weighted by atomic mass is 32.2. The summed E-state index contributed by atoms with van der Waals surface area (Å²) in [5.41, 5.74) is 4.00. The third-order valence-corrected chi connectivity index (χ3v) is 5.40. The maximum Gasteiger partial charge on any atom is 0.243 e. The van der Waals surface area contributed by atoms with Crippen molar-refractivity contribution in [3.05, 3.63) is 72.1 Å². The Balaban J connectivity index is 1.54. The van der Waals surface area contributed by atoms with Crippen LogP contribution in [-0.2, 0) is 9.59 Å². The second-order valence-electron chi connectivity index (χ2n) is 6.82. The molecule has 150 valence electrons. The molecule has 0 bridgehead atoms. The molecule has 6 nitrogen and oxygen atoms in total. The molecule has 7 heteroatoms. The van der Waals surface area contributed by atoms with Gasteiger partial charge in [0, 0.05) is 25.1 Å². The van der Waals surface area contributed by atoms with Crippen molar-refractivity contribution in [3.63, 3.8) is 0 Å². The van der Waals surface area contributed by atoms with Crippen LogP contribution in [0.1, 0.15) is 11.1 Å². The molecule has 29 heavy (non-hydrogen) atoms. The van der Waals surface area contributed by atoms with Crippen molar-refractivity contribution >= 4 is 29.3 Å². The highest BCUT2D eigenvalue weighted by molar-refractivity contribution is 7.99. The normalized spacial score (nSPS) is 10.6. The minimum absolute atomic E-state index is 0.000492. The van der Waals surface area contributed by atoms with Gasteiger partial charge >= 0.3 is 0 Å². The Kier molecular flexibility index (Phi) is 6.72. The van der Waals surface area contributed by atoms with Crippen molar-refractivity contribution in [2.24, 2.45) is 0 Å². The van der Waals surface area contributed by atoms with Crippen molar-refractivity contribution in [2.45, 2.75) is 19.0 Å². The number of thioether (sulfide) groups is 1. The number of nitrogens with zero attached hydrogens (tertiary/aromatic N) is 3. The molecule has 1 aromatic heterocycles. The van der Waals surface area contributed by atoms with E-state index in [0.29, 0.717) is 0 Å². The lowest BCUT2D eigenvalue weighted by Gasteiger charge is -2.17. The molecule has 1 heterocycles. The van der Waals surface area contributed by atoms with Gasteiger partial charge in [0.15, 0.2) is 5.16 Å². The van der Waals surface area contributed by atoms with Gasteiger partial charge in [0.25, 0.3) is 0 Å². The highest BCUT2D eigenvalue weighted by Crippen LogP contribution is 2.22. The summed E-state index contributed by atoms with van der Waals surface area (Å²) in [7, 11) is 1.63. The SMILES string of the molecule is Cc1ccc(NC(=O)CN(C)C(=O)CSc2nccn2-c2ccccc2C)cc1. The van der Waals surface area contributed by atoms with E-state index >= 15 is 0 Å². The lowest BCUT2D eigenvalue weighted by molar-refractivity contribution is -0.131. The molecule has 0 radical (unpaired) electrons. The van der Waals surface area contributed by atoms with Crippen LogP contribution in [0.5, 0.6) is 0 Å². The van der Waals surface area contributed by atoms with Crippen molar-refractivity contribution < 1.29 is 9.59 Å². The molecule has 1 N–H and O–H groups in total. The van der Waals surface area contributed by atoms with E-state index < -0.39 is 0 Å². The monoisotopic (exact) mass is 408 g/mol. The third kappa shape index (κ3) is 5.48. The first-order valence-electron chi connectivity index (χ1n) is 9.26. The fourth-order valence-electron chi connectivity index (χ4n) is 2.79. The Morgan fingerprint density at radius 3 is 2.55 bits per heavy atom. The minimum atomic E-state index is -0.226. The smallest absolute Gasteiger partial charge is 0.243 e. The zero-order valence-corrected chi connectivity index (χ0v) is 17.6. The second-order valence-corrected chi connectivity index (χ2v) is 7.76. The molecule has 0 unspecified atom stereocenters. The molecule has 2 amide bonds. The number of benzene rings is 2. The van der Waals surface area contributed by atoms with Crippen LogP contribution in [0.25, 0.3) is 5.69 Å². The number of anilines is 1. The molecule has 0 spiro atoms. The molecule has 0 aliphatic heterocycles. The van der Waals surface area contributed by atoms with Crippen LogP contribution < -0.4 is 5.32 Å². The number of amides is 2. The largest absolute Gasteiger partial charge is 0.336 e. The Bertz CT molecular complexity index is 998. The van der Waals surface area contributed by atoms with E-state index in [1.165, 1.54) is 16.7 Å². The van der Waals surface area contributed by atoms with E-state index in [1.54, 1.807) is 13.2 Å². The molecule has 0 saturated carbocycles. The first kappa shape index (κ1) is 20.7. The van der Waals surface area contributed by atoms with Gasteiger partial charge in [0.1, 0.15) is 0 Å². The summed E-state index contributed by atoms with van der Waals surface area (Å²) >= 11 is 1.36.